The Morgan fingerprint density at radius 3 is 2.08 bits per heavy atom. The zero-order valence-corrected chi connectivity index (χ0v) is 19.0. The summed E-state index contributed by atoms with van der Waals surface area (Å²) >= 11 is 0. The summed E-state index contributed by atoms with van der Waals surface area (Å²) in [5.74, 6) is -4.73. The van der Waals surface area contributed by atoms with Gasteiger partial charge in [-0.1, -0.05) is 30.3 Å². The first-order chi connectivity index (χ1) is 17.0. The zero-order chi connectivity index (χ0) is 26.7. The van der Waals surface area contributed by atoms with Gasteiger partial charge < -0.3 is 37.2 Å². The molecule has 4 amide bonds. The molecule has 0 bridgehead atoms. The standard InChI is InChI=1S/C23H26N6O7/c24-20(25)14-6-8-15(9-7-14)27-23(36)26-12-18(30)28-16(11-19(31)32)21(33)29-17(22(34)35)10-13-4-2-1-3-5-13/h1-9,16-17H,10-12H2,(H3,24,25)(H,28,30)(H,29,33)(H,31,32)(H,34,35)(H2,26,27,36)/t16-,17-/m0/s1. The van der Waals surface area contributed by atoms with Gasteiger partial charge in [0, 0.05) is 17.7 Å². The Morgan fingerprint density at radius 1 is 0.889 bits per heavy atom. The number of amidine groups is 1. The minimum atomic E-state index is -1.57. The first kappa shape index (κ1) is 27.3. The third-order valence-electron chi connectivity index (χ3n) is 4.79. The molecule has 13 nitrogen and oxygen atoms in total. The second-order valence-corrected chi connectivity index (χ2v) is 7.61. The second kappa shape index (κ2) is 13.1. The van der Waals surface area contributed by atoms with Crippen molar-refractivity contribution in [1.29, 1.82) is 5.41 Å². The highest BCUT2D eigenvalue weighted by Gasteiger charge is 2.28. The molecule has 0 heterocycles. The van der Waals surface area contributed by atoms with Crippen molar-refractivity contribution in [3.8, 4) is 0 Å². The number of nitrogen functional groups attached to an aromatic ring is 1. The van der Waals surface area contributed by atoms with Gasteiger partial charge in [0.15, 0.2) is 0 Å². The van der Waals surface area contributed by atoms with Gasteiger partial charge in [-0.05, 0) is 29.8 Å². The predicted molar refractivity (Wildman–Crippen MR) is 128 cm³/mol. The highest BCUT2D eigenvalue weighted by Crippen LogP contribution is 2.09. The van der Waals surface area contributed by atoms with Crippen LogP contribution in [0, 0.1) is 5.41 Å². The van der Waals surface area contributed by atoms with E-state index in [0.717, 1.165) is 0 Å². The summed E-state index contributed by atoms with van der Waals surface area (Å²) in [5, 5.41) is 35.0. The van der Waals surface area contributed by atoms with Gasteiger partial charge in [0.1, 0.15) is 17.9 Å². The molecule has 0 aromatic heterocycles. The number of hydrogen-bond donors (Lipinski definition) is 8. The lowest BCUT2D eigenvalue weighted by atomic mass is 10.1. The first-order valence-electron chi connectivity index (χ1n) is 10.6. The van der Waals surface area contributed by atoms with Crippen LogP contribution >= 0.6 is 0 Å². The topological polar surface area (TPSA) is 224 Å². The fraction of sp³-hybridized carbons (Fsp3) is 0.217. The molecule has 0 fully saturated rings. The number of carbonyl (C=O) groups excluding carboxylic acids is 3. The predicted octanol–water partition coefficient (Wildman–Crippen LogP) is -0.136. The van der Waals surface area contributed by atoms with Crippen LogP contribution in [0.2, 0.25) is 0 Å². The Labute approximate surface area is 205 Å². The molecule has 2 aromatic rings. The van der Waals surface area contributed by atoms with Crippen LogP contribution in [-0.4, -0.2) is 64.5 Å². The van der Waals surface area contributed by atoms with Crippen LogP contribution in [0.1, 0.15) is 17.5 Å². The number of carbonyl (C=O) groups is 5. The van der Waals surface area contributed by atoms with E-state index < -0.39 is 54.8 Å². The van der Waals surface area contributed by atoms with E-state index >= 15 is 0 Å². The quantitative estimate of drug-likeness (QED) is 0.145. The van der Waals surface area contributed by atoms with E-state index in [2.05, 4.69) is 21.3 Å². The summed E-state index contributed by atoms with van der Waals surface area (Å²) in [6.45, 7) is -0.590. The highest BCUT2D eigenvalue weighted by molar-refractivity contribution is 5.97. The lowest BCUT2D eigenvalue weighted by Crippen LogP contribution is -2.54. The summed E-state index contributed by atoms with van der Waals surface area (Å²) in [6.07, 6.45) is -0.852. The Hall–Kier alpha value is -4.94. The smallest absolute Gasteiger partial charge is 0.326 e. The van der Waals surface area contributed by atoms with Gasteiger partial charge in [0.25, 0.3) is 0 Å². The number of nitrogens with one attached hydrogen (secondary N) is 5. The Balaban J connectivity index is 1.93. The molecule has 0 radical (unpaired) electrons. The van der Waals surface area contributed by atoms with Crippen molar-refractivity contribution < 1.29 is 34.2 Å². The van der Waals surface area contributed by atoms with E-state index in [9.17, 15) is 29.1 Å². The van der Waals surface area contributed by atoms with Crippen LogP contribution in [-0.2, 0) is 25.6 Å². The van der Waals surface area contributed by atoms with Gasteiger partial charge in [-0.15, -0.1) is 0 Å². The molecular weight excluding hydrogens is 472 g/mol. The van der Waals surface area contributed by atoms with E-state index in [4.69, 9.17) is 16.2 Å². The molecule has 36 heavy (non-hydrogen) atoms. The number of anilines is 1. The molecule has 0 unspecified atom stereocenters. The summed E-state index contributed by atoms with van der Waals surface area (Å²) < 4.78 is 0. The highest BCUT2D eigenvalue weighted by atomic mass is 16.4. The van der Waals surface area contributed by atoms with Gasteiger partial charge in [-0.2, -0.15) is 0 Å². The van der Waals surface area contributed by atoms with E-state index in [1.807, 2.05) is 0 Å². The molecule has 9 N–H and O–H groups in total. The third-order valence-corrected chi connectivity index (χ3v) is 4.79. The molecule has 2 rings (SSSR count). The number of hydrogen-bond acceptors (Lipinski definition) is 6. The molecular formula is C23H26N6O7. The third kappa shape index (κ3) is 9.13. The van der Waals surface area contributed by atoms with Crippen molar-refractivity contribution in [2.24, 2.45) is 5.73 Å². The number of amides is 4. The molecule has 0 aliphatic rings. The maximum absolute atomic E-state index is 12.6. The monoisotopic (exact) mass is 498 g/mol. The number of urea groups is 1. The van der Waals surface area contributed by atoms with Crippen molar-refractivity contribution in [1.82, 2.24) is 16.0 Å². The Bertz CT molecular complexity index is 1120. The van der Waals surface area contributed by atoms with Gasteiger partial charge in [0.05, 0.1) is 13.0 Å². The van der Waals surface area contributed by atoms with Crippen LogP contribution in [0.4, 0.5) is 10.5 Å². The Kier molecular flexibility index (Phi) is 9.92. The summed E-state index contributed by atoms with van der Waals surface area (Å²) in [4.78, 5) is 59.7. The normalized spacial score (nSPS) is 11.9. The number of rotatable bonds is 12. The minimum absolute atomic E-state index is 0.0508. The fourth-order valence-electron chi connectivity index (χ4n) is 3.02. The van der Waals surface area contributed by atoms with Gasteiger partial charge in [0.2, 0.25) is 11.8 Å². The summed E-state index contributed by atoms with van der Waals surface area (Å²) in [7, 11) is 0. The number of nitrogens with two attached hydrogens (primary N) is 1. The van der Waals surface area contributed by atoms with Crippen LogP contribution in [0.25, 0.3) is 0 Å². The van der Waals surface area contributed by atoms with Crippen molar-refractivity contribution in [3.05, 3.63) is 65.7 Å². The van der Waals surface area contributed by atoms with Crippen LogP contribution < -0.4 is 27.0 Å². The van der Waals surface area contributed by atoms with Crippen molar-refractivity contribution in [2.45, 2.75) is 24.9 Å². The molecule has 0 saturated carbocycles. The van der Waals surface area contributed by atoms with E-state index in [-0.39, 0.29) is 12.3 Å². The lowest BCUT2D eigenvalue weighted by molar-refractivity contribution is -0.143. The summed E-state index contributed by atoms with van der Waals surface area (Å²) in [6, 6.07) is 10.8. The van der Waals surface area contributed by atoms with E-state index in [0.29, 0.717) is 16.8 Å². The maximum atomic E-state index is 12.6. The van der Waals surface area contributed by atoms with E-state index in [1.54, 1.807) is 30.3 Å². The number of carboxylic acid groups (broad SMARTS) is 2. The lowest BCUT2D eigenvalue weighted by Gasteiger charge is -2.20. The molecule has 13 heteroatoms. The maximum Gasteiger partial charge on any atom is 0.326 e. The van der Waals surface area contributed by atoms with Gasteiger partial charge in [-0.3, -0.25) is 19.8 Å². The van der Waals surface area contributed by atoms with Crippen LogP contribution in [0.3, 0.4) is 0 Å². The molecule has 0 aliphatic heterocycles. The molecule has 0 aliphatic carbocycles. The number of benzene rings is 2. The van der Waals surface area contributed by atoms with Gasteiger partial charge in [-0.25, -0.2) is 9.59 Å². The molecule has 0 spiro atoms. The fourth-order valence-corrected chi connectivity index (χ4v) is 3.02. The SMILES string of the molecule is N=C(N)c1ccc(NC(=O)NCC(=O)N[C@@H](CC(=O)O)C(=O)N[C@@H](Cc2ccccc2)C(=O)O)cc1. The minimum Gasteiger partial charge on any atom is -0.481 e. The molecule has 190 valence electrons. The Morgan fingerprint density at radius 2 is 1.53 bits per heavy atom. The number of carboxylic acids is 2. The average molecular weight is 498 g/mol. The molecule has 2 aromatic carbocycles. The van der Waals surface area contributed by atoms with Crippen LogP contribution in [0.5, 0.6) is 0 Å². The average Bonchev–Trinajstić information content (AvgIpc) is 2.82. The number of aliphatic carboxylic acids is 2. The van der Waals surface area contributed by atoms with Gasteiger partial charge >= 0.3 is 18.0 Å². The molecule has 2 atom stereocenters. The second-order valence-electron chi connectivity index (χ2n) is 7.61. The van der Waals surface area contributed by atoms with Crippen molar-refractivity contribution in [3.63, 3.8) is 0 Å². The zero-order valence-electron chi connectivity index (χ0n) is 19.0. The largest absolute Gasteiger partial charge is 0.481 e. The van der Waals surface area contributed by atoms with E-state index in [1.165, 1.54) is 24.3 Å². The summed E-state index contributed by atoms with van der Waals surface area (Å²) in [5.41, 5.74) is 6.81. The van der Waals surface area contributed by atoms with Crippen LogP contribution in [0.15, 0.2) is 54.6 Å². The first-order valence-corrected chi connectivity index (χ1v) is 10.6. The van der Waals surface area contributed by atoms with Crippen molar-refractivity contribution in [2.75, 3.05) is 11.9 Å². The molecule has 0 saturated heterocycles. The van der Waals surface area contributed by atoms with Crippen molar-refractivity contribution >= 4 is 41.3 Å².